The molecule has 2 N–H and O–H groups in total. The van der Waals surface area contributed by atoms with Crippen molar-refractivity contribution in [2.75, 3.05) is 26.7 Å². The molecule has 0 aromatic carbocycles. The average Bonchev–Trinajstić information content (AvgIpc) is 2.29. The largest absolute Gasteiger partial charge is 0.481 e. The standard InChI is InChI=1S/C11H21N3O3/c1-13(7-5-6-10(15)16)11(17)12-14-8-3-2-4-9-14/h2-9H2,1H3,(H,12,17)(H,15,16). The molecule has 1 saturated heterocycles. The van der Waals surface area contributed by atoms with Crippen LogP contribution in [0.5, 0.6) is 0 Å². The average molecular weight is 243 g/mol. The highest BCUT2D eigenvalue weighted by atomic mass is 16.4. The molecular weight excluding hydrogens is 222 g/mol. The Bertz CT molecular complexity index is 265. The third kappa shape index (κ3) is 5.53. The van der Waals surface area contributed by atoms with Crippen molar-refractivity contribution in [2.24, 2.45) is 0 Å². The number of rotatable bonds is 5. The van der Waals surface area contributed by atoms with E-state index in [2.05, 4.69) is 5.43 Å². The number of hydrogen-bond acceptors (Lipinski definition) is 3. The van der Waals surface area contributed by atoms with Gasteiger partial charge in [0.05, 0.1) is 0 Å². The number of carbonyl (C=O) groups excluding carboxylic acids is 1. The van der Waals surface area contributed by atoms with Crippen LogP contribution in [0.4, 0.5) is 4.79 Å². The minimum absolute atomic E-state index is 0.0985. The van der Waals surface area contributed by atoms with Crippen molar-refractivity contribution >= 4 is 12.0 Å². The second kappa shape index (κ2) is 7.11. The quantitative estimate of drug-likeness (QED) is 0.752. The molecule has 1 rings (SSSR count). The maximum atomic E-state index is 11.7. The van der Waals surface area contributed by atoms with Gasteiger partial charge in [-0.2, -0.15) is 0 Å². The highest BCUT2D eigenvalue weighted by Crippen LogP contribution is 2.06. The number of nitrogens with one attached hydrogen (secondary N) is 1. The molecule has 0 bridgehead atoms. The number of carbonyl (C=O) groups is 2. The summed E-state index contributed by atoms with van der Waals surface area (Å²) in [7, 11) is 1.68. The fraction of sp³-hybridized carbons (Fsp3) is 0.818. The maximum Gasteiger partial charge on any atom is 0.331 e. The lowest BCUT2D eigenvalue weighted by atomic mass is 10.2. The van der Waals surface area contributed by atoms with Crippen LogP contribution in [0.1, 0.15) is 32.1 Å². The van der Waals surface area contributed by atoms with Crippen LogP contribution >= 0.6 is 0 Å². The topological polar surface area (TPSA) is 72.9 Å². The third-order valence-electron chi connectivity index (χ3n) is 2.84. The molecule has 0 aromatic heterocycles. The first-order chi connectivity index (χ1) is 8.09. The van der Waals surface area contributed by atoms with Crippen molar-refractivity contribution in [3.63, 3.8) is 0 Å². The van der Waals surface area contributed by atoms with E-state index in [1.165, 1.54) is 11.3 Å². The van der Waals surface area contributed by atoms with Crippen LogP contribution in [-0.2, 0) is 4.79 Å². The molecule has 0 atom stereocenters. The highest BCUT2D eigenvalue weighted by molar-refractivity contribution is 5.73. The monoisotopic (exact) mass is 243 g/mol. The van der Waals surface area contributed by atoms with Crippen LogP contribution < -0.4 is 5.43 Å². The van der Waals surface area contributed by atoms with E-state index in [9.17, 15) is 9.59 Å². The summed E-state index contributed by atoms with van der Waals surface area (Å²) < 4.78 is 0. The lowest BCUT2D eigenvalue weighted by Gasteiger charge is -2.29. The van der Waals surface area contributed by atoms with E-state index < -0.39 is 5.97 Å². The van der Waals surface area contributed by atoms with Crippen LogP contribution in [0.15, 0.2) is 0 Å². The maximum absolute atomic E-state index is 11.7. The first-order valence-corrected chi connectivity index (χ1v) is 6.08. The van der Waals surface area contributed by atoms with E-state index >= 15 is 0 Å². The van der Waals surface area contributed by atoms with Gasteiger partial charge in [0.2, 0.25) is 0 Å². The van der Waals surface area contributed by atoms with E-state index in [1.54, 1.807) is 7.05 Å². The minimum atomic E-state index is -0.824. The molecular formula is C11H21N3O3. The van der Waals surface area contributed by atoms with E-state index in [4.69, 9.17) is 5.11 Å². The Labute approximate surface area is 102 Å². The number of hydrogen-bond donors (Lipinski definition) is 2. The number of nitrogens with zero attached hydrogens (tertiary/aromatic N) is 2. The van der Waals surface area contributed by atoms with Gasteiger partial charge in [-0.15, -0.1) is 0 Å². The minimum Gasteiger partial charge on any atom is -0.481 e. The van der Waals surface area contributed by atoms with E-state index in [1.807, 2.05) is 5.01 Å². The zero-order valence-electron chi connectivity index (χ0n) is 10.3. The normalized spacial score (nSPS) is 16.5. The van der Waals surface area contributed by atoms with Gasteiger partial charge in [-0.25, -0.2) is 9.80 Å². The predicted molar refractivity (Wildman–Crippen MR) is 63.5 cm³/mol. The lowest BCUT2D eigenvalue weighted by Crippen LogP contribution is -2.49. The number of aliphatic carboxylic acids is 1. The van der Waals surface area contributed by atoms with Crippen molar-refractivity contribution in [1.82, 2.24) is 15.3 Å². The molecule has 1 fully saturated rings. The number of hydrazine groups is 1. The summed E-state index contributed by atoms with van der Waals surface area (Å²) in [6, 6.07) is -0.155. The summed E-state index contributed by atoms with van der Waals surface area (Å²) >= 11 is 0. The predicted octanol–water partition coefficient (Wildman–Crippen LogP) is 0.893. The lowest BCUT2D eigenvalue weighted by molar-refractivity contribution is -0.137. The summed E-state index contributed by atoms with van der Waals surface area (Å²) in [5.74, 6) is -0.824. The summed E-state index contributed by atoms with van der Waals surface area (Å²) in [6.07, 6.45) is 4.04. The molecule has 2 amide bonds. The second-order valence-corrected chi connectivity index (χ2v) is 4.38. The van der Waals surface area contributed by atoms with Crippen molar-refractivity contribution in [2.45, 2.75) is 32.1 Å². The van der Waals surface area contributed by atoms with Gasteiger partial charge in [0, 0.05) is 33.1 Å². The van der Waals surface area contributed by atoms with Gasteiger partial charge in [-0.1, -0.05) is 6.42 Å². The smallest absolute Gasteiger partial charge is 0.331 e. The molecule has 6 heteroatoms. The van der Waals surface area contributed by atoms with Crippen LogP contribution in [0.3, 0.4) is 0 Å². The van der Waals surface area contributed by atoms with Gasteiger partial charge in [0.15, 0.2) is 0 Å². The summed E-state index contributed by atoms with van der Waals surface area (Å²) in [5, 5.41) is 10.4. The number of urea groups is 1. The SMILES string of the molecule is CN(CCCC(=O)O)C(=O)NN1CCCCC1. The molecule has 0 saturated carbocycles. The van der Waals surface area contributed by atoms with E-state index in [0.29, 0.717) is 13.0 Å². The van der Waals surface area contributed by atoms with Crippen molar-refractivity contribution in [3.8, 4) is 0 Å². The van der Waals surface area contributed by atoms with Crippen LogP contribution in [-0.4, -0.2) is 53.7 Å². The highest BCUT2D eigenvalue weighted by Gasteiger charge is 2.15. The van der Waals surface area contributed by atoms with Gasteiger partial charge < -0.3 is 10.0 Å². The molecule has 0 aromatic rings. The summed E-state index contributed by atoms with van der Waals surface area (Å²) in [4.78, 5) is 23.6. The number of carboxylic acids is 1. The third-order valence-corrected chi connectivity index (χ3v) is 2.84. The summed E-state index contributed by atoms with van der Waals surface area (Å²) in [6.45, 7) is 2.26. The summed E-state index contributed by atoms with van der Waals surface area (Å²) in [5.41, 5.74) is 2.83. The Morgan fingerprint density at radius 2 is 1.94 bits per heavy atom. The fourth-order valence-corrected chi connectivity index (χ4v) is 1.80. The van der Waals surface area contributed by atoms with E-state index in [-0.39, 0.29) is 12.5 Å². The van der Waals surface area contributed by atoms with Gasteiger partial charge in [0.25, 0.3) is 0 Å². The molecule has 1 aliphatic heterocycles. The van der Waals surface area contributed by atoms with E-state index in [0.717, 1.165) is 25.9 Å². The molecule has 1 heterocycles. The van der Waals surface area contributed by atoms with Gasteiger partial charge in [-0.3, -0.25) is 10.2 Å². The zero-order valence-corrected chi connectivity index (χ0v) is 10.3. The molecule has 1 aliphatic rings. The molecule has 17 heavy (non-hydrogen) atoms. The molecule has 0 unspecified atom stereocenters. The molecule has 98 valence electrons. The van der Waals surface area contributed by atoms with Crippen molar-refractivity contribution in [3.05, 3.63) is 0 Å². The van der Waals surface area contributed by atoms with Gasteiger partial charge >= 0.3 is 12.0 Å². The molecule has 0 aliphatic carbocycles. The van der Waals surface area contributed by atoms with Crippen LogP contribution in [0.25, 0.3) is 0 Å². The van der Waals surface area contributed by atoms with Crippen LogP contribution in [0.2, 0.25) is 0 Å². The van der Waals surface area contributed by atoms with Crippen molar-refractivity contribution < 1.29 is 14.7 Å². The molecule has 0 spiro atoms. The Kier molecular flexibility index (Phi) is 5.76. The Morgan fingerprint density at radius 3 is 2.53 bits per heavy atom. The molecule has 6 nitrogen and oxygen atoms in total. The number of piperidine rings is 1. The molecule has 0 radical (unpaired) electrons. The zero-order chi connectivity index (χ0) is 12.7. The number of amides is 2. The number of carboxylic acid groups (broad SMARTS) is 1. The Balaban J connectivity index is 2.18. The fourth-order valence-electron chi connectivity index (χ4n) is 1.80. The van der Waals surface area contributed by atoms with Gasteiger partial charge in [-0.05, 0) is 19.3 Å². The van der Waals surface area contributed by atoms with Crippen molar-refractivity contribution in [1.29, 1.82) is 0 Å². The Morgan fingerprint density at radius 1 is 1.29 bits per heavy atom. The first kappa shape index (κ1) is 13.8. The Hall–Kier alpha value is -1.30. The first-order valence-electron chi connectivity index (χ1n) is 6.08. The second-order valence-electron chi connectivity index (χ2n) is 4.38. The van der Waals surface area contributed by atoms with Gasteiger partial charge in [0.1, 0.15) is 0 Å². The van der Waals surface area contributed by atoms with Crippen LogP contribution in [0, 0.1) is 0 Å².